The minimum absolute atomic E-state index is 0.000110. The van der Waals surface area contributed by atoms with Gasteiger partial charge in [0.25, 0.3) is 0 Å². The predicted molar refractivity (Wildman–Crippen MR) is 128 cm³/mol. The summed E-state index contributed by atoms with van der Waals surface area (Å²) in [7, 11) is -2.86. The summed E-state index contributed by atoms with van der Waals surface area (Å²) < 4.78 is 109. The fraction of sp³-hybridized carbons (Fsp3) is 0.391. The molecule has 2 aromatic carbocycles. The van der Waals surface area contributed by atoms with Gasteiger partial charge in [0.15, 0.2) is 6.29 Å². The average molecular weight is 600 g/mol. The van der Waals surface area contributed by atoms with Gasteiger partial charge in [-0.15, -0.1) is 0 Å². The number of halogens is 7. The maximum atomic E-state index is 13.7. The maximum absolute atomic E-state index is 13.7. The number of hydrogen-bond acceptors (Lipinski definition) is 7. The van der Waals surface area contributed by atoms with E-state index >= 15 is 0 Å². The zero-order chi connectivity index (χ0) is 29.8. The largest absolute Gasteiger partial charge is 0.416 e. The number of urea groups is 1. The SMILES string of the molecule is C[C@@H](O[C@H]1OCCN(CC(=NP(O)O)NC(N)=O)[C@H]1c1ccc(F)cc1)c1cc(C(F)(F)F)cc(C(F)(F)F)c1. The van der Waals surface area contributed by atoms with Gasteiger partial charge in [0, 0.05) is 6.54 Å². The minimum Gasteiger partial charge on any atom is -0.351 e. The van der Waals surface area contributed by atoms with Crippen molar-refractivity contribution in [2.24, 2.45) is 10.5 Å². The van der Waals surface area contributed by atoms with Crippen LogP contribution in [0.1, 0.15) is 41.3 Å². The Bertz CT molecular complexity index is 1180. The van der Waals surface area contributed by atoms with E-state index in [2.05, 4.69) is 10.1 Å². The van der Waals surface area contributed by atoms with Gasteiger partial charge < -0.3 is 25.0 Å². The molecule has 0 aromatic heterocycles. The number of carbonyl (C=O) groups is 1. The van der Waals surface area contributed by atoms with Crippen molar-refractivity contribution in [1.82, 2.24) is 10.2 Å². The monoisotopic (exact) mass is 600 g/mol. The van der Waals surface area contributed by atoms with E-state index in [-0.39, 0.29) is 31.6 Å². The van der Waals surface area contributed by atoms with Crippen LogP contribution < -0.4 is 11.1 Å². The van der Waals surface area contributed by atoms with Crippen LogP contribution in [0.5, 0.6) is 0 Å². The van der Waals surface area contributed by atoms with Gasteiger partial charge in [-0.05, 0) is 48.4 Å². The molecule has 3 rings (SSSR count). The summed E-state index contributed by atoms with van der Waals surface area (Å²) in [4.78, 5) is 31.6. The molecule has 1 aliphatic rings. The van der Waals surface area contributed by atoms with Crippen LogP contribution in [0.3, 0.4) is 0 Å². The molecule has 2 amide bonds. The fourth-order valence-corrected chi connectivity index (χ4v) is 4.37. The molecule has 1 fully saturated rings. The molecule has 220 valence electrons. The third kappa shape index (κ3) is 8.56. The third-order valence-corrected chi connectivity index (χ3v) is 6.19. The van der Waals surface area contributed by atoms with Crippen molar-refractivity contribution in [2.45, 2.75) is 37.7 Å². The number of nitrogens with two attached hydrogens (primary N) is 1. The van der Waals surface area contributed by atoms with Crippen molar-refractivity contribution in [3.63, 3.8) is 0 Å². The number of amidine groups is 1. The quantitative estimate of drug-likeness (QED) is 0.159. The van der Waals surface area contributed by atoms with E-state index in [0.717, 1.165) is 12.1 Å². The molecule has 0 aliphatic carbocycles. The Kier molecular flexibility index (Phi) is 10.1. The van der Waals surface area contributed by atoms with E-state index in [9.17, 15) is 45.3 Å². The second kappa shape index (κ2) is 12.7. The summed E-state index contributed by atoms with van der Waals surface area (Å²) >= 11 is 0. The van der Waals surface area contributed by atoms with Crippen LogP contribution in [0.4, 0.5) is 35.5 Å². The summed E-state index contributed by atoms with van der Waals surface area (Å²) in [6, 6.07) is 4.00. The van der Waals surface area contributed by atoms with Crippen LogP contribution >= 0.6 is 8.53 Å². The molecule has 9 nitrogen and oxygen atoms in total. The Labute approximate surface area is 224 Å². The van der Waals surface area contributed by atoms with Crippen LogP contribution in [0, 0.1) is 5.82 Å². The number of hydrogen-bond donors (Lipinski definition) is 4. The van der Waals surface area contributed by atoms with Crippen molar-refractivity contribution >= 4 is 20.4 Å². The molecule has 0 radical (unpaired) electrons. The molecule has 0 spiro atoms. The molecule has 3 atom stereocenters. The number of morpholine rings is 1. The van der Waals surface area contributed by atoms with E-state index < -0.39 is 67.9 Å². The van der Waals surface area contributed by atoms with Gasteiger partial charge in [-0.1, -0.05) is 12.1 Å². The van der Waals surface area contributed by atoms with E-state index in [1.54, 1.807) is 4.90 Å². The lowest BCUT2D eigenvalue weighted by Gasteiger charge is -2.42. The Morgan fingerprint density at radius 2 is 1.73 bits per heavy atom. The summed E-state index contributed by atoms with van der Waals surface area (Å²) in [5.74, 6) is -0.845. The molecule has 5 N–H and O–H groups in total. The van der Waals surface area contributed by atoms with Crippen molar-refractivity contribution in [2.75, 3.05) is 19.7 Å². The van der Waals surface area contributed by atoms with Crippen molar-refractivity contribution in [3.05, 3.63) is 70.5 Å². The van der Waals surface area contributed by atoms with Crippen molar-refractivity contribution < 1.29 is 54.8 Å². The van der Waals surface area contributed by atoms with Crippen molar-refractivity contribution in [3.8, 4) is 0 Å². The molecular formula is C23H24F7N4O5P. The van der Waals surface area contributed by atoms with E-state index in [0.29, 0.717) is 17.7 Å². The number of amides is 2. The van der Waals surface area contributed by atoms with Gasteiger partial charge in [-0.25, -0.2) is 9.18 Å². The molecule has 40 heavy (non-hydrogen) atoms. The van der Waals surface area contributed by atoms with Gasteiger partial charge in [0.2, 0.25) is 0 Å². The van der Waals surface area contributed by atoms with Gasteiger partial charge in [-0.3, -0.25) is 10.2 Å². The van der Waals surface area contributed by atoms with Gasteiger partial charge in [0.05, 0.1) is 36.4 Å². The molecule has 2 aromatic rings. The molecular weight excluding hydrogens is 576 g/mol. The average Bonchev–Trinajstić information content (AvgIpc) is 2.83. The highest BCUT2D eigenvalue weighted by atomic mass is 31.2. The number of carbonyl (C=O) groups excluding carboxylic acids is 1. The summed E-state index contributed by atoms with van der Waals surface area (Å²) in [5.41, 5.74) is 2.03. The lowest BCUT2D eigenvalue weighted by atomic mass is 10.0. The van der Waals surface area contributed by atoms with E-state index in [4.69, 9.17) is 15.2 Å². The van der Waals surface area contributed by atoms with E-state index in [1.165, 1.54) is 19.1 Å². The predicted octanol–water partition coefficient (Wildman–Crippen LogP) is 4.62. The zero-order valence-corrected chi connectivity index (χ0v) is 21.5. The highest BCUT2D eigenvalue weighted by Gasteiger charge is 2.39. The Morgan fingerprint density at radius 1 is 1.15 bits per heavy atom. The Morgan fingerprint density at radius 3 is 2.23 bits per heavy atom. The second-order valence-corrected chi connectivity index (χ2v) is 9.36. The minimum atomic E-state index is -5.06. The molecule has 0 bridgehead atoms. The zero-order valence-electron chi connectivity index (χ0n) is 20.6. The first-order chi connectivity index (χ1) is 18.5. The number of nitrogens with zero attached hydrogens (tertiary/aromatic N) is 2. The molecule has 0 unspecified atom stereocenters. The Balaban J connectivity index is 1.99. The highest BCUT2D eigenvalue weighted by Crippen LogP contribution is 2.39. The van der Waals surface area contributed by atoms with Crippen LogP contribution in [0.15, 0.2) is 47.2 Å². The number of nitrogens with one attached hydrogen (secondary N) is 1. The number of ether oxygens (including phenoxy) is 2. The smallest absolute Gasteiger partial charge is 0.351 e. The lowest BCUT2D eigenvalue weighted by Crippen LogP contribution is -2.51. The first-order valence-corrected chi connectivity index (χ1v) is 12.6. The fourth-order valence-electron chi connectivity index (χ4n) is 4.04. The number of alkyl halides is 6. The third-order valence-electron chi connectivity index (χ3n) is 5.77. The number of rotatable bonds is 7. The van der Waals surface area contributed by atoms with Crippen LogP contribution in [-0.2, 0) is 21.8 Å². The standard InChI is InChI=1S/C23H24F7N4O5P/c1-12(14-8-15(22(25,26)27)10-16(9-14)23(28,29)30)39-20-19(13-2-4-17(24)5-3-13)34(6-7-38-20)11-18(32-21(31)35)33-40(36)37/h2-5,8-10,12,19-20,36-37H,6-7,11H2,1H3,(H3,31,32,33,35)/t12-,19+,20-/m1/s1. The first kappa shape index (κ1) is 31.6. The van der Waals surface area contributed by atoms with Gasteiger partial charge >= 0.3 is 26.9 Å². The molecule has 0 saturated carbocycles. The van der Waals surface area contributed by atoms with E-state index in [1.807, 2.05) is 0 Å². The van der Waals surface area contributed by atoms with Crippen LogP contribution in [0.25, 0.3) is 0 Å². The topological polar surface area (TPSA) is 130 Å². The highest BCUT2D eigenvalue weighted by molar-refractivity contribution is 7.43. The van der Waals surface area contributed by atoms with Crippen molar-refractivity contribution in [1.29, 1.82) is 0 Å². The number of benzene rings is 2. The van der Waals surface area contributed by atoms with Crippen LogP contribution in [-0.4, -0.2) is 52.5 Å². The second-order valence-electron chi connectivity index (χ2n) is 8.63. The summed E-state index contributed by atoms with van der Waals surface area (Å²) in [5, 5.41) is 2.15. The van der Waals surface area contributed by atoms with Crippen LogP contribution in [0.2, 0.25) is 0 Å². The van der Waals surface area contributed by atoms with Gasteiger partial charge in [-0.2, -0.15) is 31.1 Å². The summed E-state index contributed by atoms with van der Waals surface area (Å²) in [6.07, 6.45) is -12.8. The van der Waals surface area contributed by atoms with Gasteiger partial charge in [0.1, 0.15) is 11.7 Å². The molecule has 17 heteroatoms. The molecule has 1 aliphatic heterocycles. The lowest BCUT2D eigenvalue weighted by molar-refractivity contribution is -0.227. The molecule has 1 heterocycles. The first-order valence-electron chi connectivity index (χ1n) is 11.4. The Hall–Kier alpha value is -2.88. The maximum Gasteiger partial charge on any atom is 0.416 e. The normalized spacial score (nSPS) is 20.0. The number of primary amides is 1. The molecule has 1 saturated heterocycles. The summed E-state index contributed by atoms with van der Waals surface area (Å²) in [6.45, 7) is 1.03.